The van der Waals surface area contributed by atoms with Gasteiger partial charge in [-0.2, -0.15) is 0 Å². The van der Waals surface area contributed by atoms with Crippen molar-refractivity contribution in [1.29, 1.82) is 0 Å². The lowest BCUT2D eigenvalue weighted by Crippen LogP contribution is -2.45. The normalized spacial score (nSPS) is 13.0. The molecule has 0 aliphatic rings. The fourth-order valence-corrected chi connectivity index (χ4v) is 8.90. The summed E-state index contributed by atoms with van der Waals surface area (Å²) in [4.78, 5) is 24.5. The summed E-state index contributed by atoms with van der Waals surface area (Å²) in [5.41, 5.74) is 0. The highest BCUT2D eigenvalue weighted by atomic mass is 16.5. The zero-order chi connectivity index (χ0) is 50.0. The number of amides is 1. The monoisotopic (exact) mass is 966 g/mol. The minimum absolute atomic E-state index is 0.0300. The van der Waals surface area contributed by atoms with Crippen LogP contribution >= 0.6 is 0 Å². The first-order valence-corrected chi connectivity index (χ1v) is 30.1. The maximum Gasteiger partial charge on any atom is 0.305 e. The van der Waals surface area contributed by atoms with E-state index in [2.05, 4.69) is 67.8 Å². The minimum Gasteiger partial charge on any atom is -0.466 e. The summed E-state index contributed by atoms with van der Waals surface area (Å²) in [6.45, 7) is 4.80. The van der Waals surface area contributed by atoms with Crippen LogP contribution in [0.3, 0.4) is 0 Å². The largest absolute Gasteiger partial charge is 0.466 e. The van der Waals surface area contributed by atoms with E-state index in [1.165, 1.54) is 186 Å². The van der Waals surface area contributed by atoms with Crippen LogP contribution in [0.25, 0.3) is 0 Å². The number of carbonyl (C=O) groups excluding carboxylic acids is 2. The zero-order valence-corrected chi connectivity index (χ0v) is 45.8. The van der Waals surface area contributed by atoms with Crippen molar-refractivity contribution in [2.75, 3.05) is 13.2 Å². The molecule has 6 heteroatoms. The van der Waals surface area contributed by atoms with Gasteiger partial charge in [-0.15, -0.1) is 0 Å². The van der Waals surface area contributed by atoms with E-state index in [4.69, 9.17) is 4.74 Å². The first-order valence-electron chi connectivity index (χ1n) is 30.1. The molecule has 402 valence electrons. The molecule has 69 heavy (non-hydrogen) atoms. The second-order valence-electron chi connectivity index (χ2n) is 20.3. The van der Waals surface area contributed by atoms with Crippen molar-refractivity contribution in [2.24, 2.45) is 0 Å². The molecule has 0 saturated heterocycles. The highest BCUT2D eigenvalue weighted by Gasteiger charge is 2.18. The highest BCUT2D eigenvalue weighted by Crippen LogP contribution is 2.16. The van der Waals surface area contributed by atoms with E-state index in [0.29, 0.717) is 19.4 Å². The van der Waals surface area contributed by atoms with Gasteiger partial charge in [-0.25, -0.2) is 0 Å². The van der Waals surface area contributed by atoms with Crippen LogP contribution in [-0.4, -0.2) is 47.4 Å². The minimum atomic E-state index is -0.854. The Morgan fingerprint density at radius 1 is 0.420 bits per heavy atom. The van der Waals surface area contributed by atoms with Gasteiger partial charge < -0.3 is 20.3 Å². The molecule has 0 heterocycles. The zero-order valence-electron chi connectivity index (χ0n) is 45.8. The molecular formula is C63H115NO5. The molecule has 2 atom stereocenters. The number of ether oxygens (including phenoxy) is 1. The lowest BCUT2D eigenvalue weighted by Gasteiger charge is -2.20. The second-order valence-corrected chi connectivity index (χ2v) is 20.3. The molecule has 0 rings (SSSR count). The van der Waals surface area contributed by atoms with Crippen molar-refractivity contribution in [3.8, 4) is 0 Å². The van der Waals surface area contributed by atoms with Gasteiger partial charge in [0.1, 0.15) is 0 Å². The Balaban J connectivity index is 3.53. The summed E-state index contributed by atoms with van der Waals surface area (Å²) in [7, 11) is 0. The Hall–Kier alpha value is -2.44. The van der Waals surface area contributed by atoms with Gasteiger partial charge in [0.2, 0.25) is 5.91 Å². The van der Waals surface area contributed by atoms with Crippen LogP contribution in [0.15, 0.2) is 60.8 Å². The molecule has 0 bridgehead atoms. The van der Waals surface area contributed by atoms with Crippen molar-refractivity contribution in [1.82, 2.24) is 5.32 Å². The second kappa shape index (κ2) is 58.1. The van der Waals surface area contributed by atoms with E-state index in [1.54, 1.807) is 6.08 Å². The molecule has 0 fully saturated rings. The van der Waals surface area contributed by atoms with Gasteiger partial charge in [-0.05, 0) is 89.9 Å². The maximum atomic E-state index is 12.5. The predicted octanol–water partition coefficient (Wildman–Crippen LogP) is 18.7. The standard InChI is InChI=1S/C63H115NO5/c1-3-5-7-9-11-13-15-17-18-19-20-22-25-28-32-35-39-43-47-51-55-61(66)60(59-65)64-62(67)56-52-48-44-40-36-33-29-26-23-21-24-27-30-34-38-42-46-50-54-58-69-63(68)57-53-49-45-41-37-31-16-14-12-10-8-6-4-2/h8,10,14,16,27,30,34,38,51,55,60-61,65-66H,3-7,9,11-13,15,17-26,28-29,31-33,35-37,39-50,52-54,56-59H2,1-2H3,(H,64,67)/b10-8-,16-14-,30-27-,38-34-,55-51+. The lowest BCUT2D eigenvalue weighted by atomic mass is 10.0. The highest BCUT2D eigenvalue weighted by molar-refractivity contribution is 5.76. The number of nitrogens with one attached hydrogen (secondary N) is 1. The van der Waals surface area contributed by atoms with E-state index in [-0.39, 0.29) is 18.5 Å². The van der Waals surface area contributed by atoms with Crippen LogP contribution in [0, 0.1) is 0 Å². The van der Waals surface area contributed by atoms with E-state index < -0.39 is 12.1 Å². The third-order valence-electron chi connectivity index (χ3n) is 13.5. The van der Waals surface area contributed by atoms with E-state index in [0.717, 1.165) is 89.9 Å². The van der Waals surface area contributed by atoms with E-state index >= 15 is 0 Å². The Labute approximate surface area is 428 Å². The van der Waals surface area contributed by atoms with Crippen LogP contribution in [0.2, 0.25) is 0 Å². The van der Waals surface area contributed by atoms with Crippen LogP contribution < -0.4 is 5.32 Å². The number of carbonyl (C=O) groups is 2. The van der Waals surface area contributed by atoms with E-state index in [1.807, 2.05) is 6.08 Å². The van der Waals surface area contributed by atoms with Gasteiger partial charge in [0.05, 0.1) is 25.4 Å². The molecule has 3 N–H and O–H groups in total. The molecule has 0 aromatic rings. The van der Waals surface area contributed by atoms with Crippen LogP contribution in [0.4, 0.5) is 0 Å². The van der Waals surface area contributed by atoms with Crippen molar-refractivity contribution in [3.05, 3.63) is 60.8 Å². The molecule has 0 aliphatic carbocycles. The fraction of sp³-hybridized carbons (Fsp3) is 0.810. The molecule has 1 amide bonds. The Bertz CT molecular complexity index is 1210. The quantitative estimate of drug-likeness (QED) is 0.0244. The lowest BCUT2D eigenvalue weighted by molar-refractivity contribution is -0.143. The Kier molecular flexibility index (Phi) is 56.1. The molecule has 0 spiro atoms. The summed E-state index contributed by atoms with van der Waals surface area (Å²) in [6, 6.07) is -0.638. The summed E-state index contributed by atoms with van der Waals surface area (Å²) in [5.74, 6) is -0.107. The number of aliphatic hydroxyl groups excluding tert-OH is 2. The first kappa shape index (κ1) is 66.6. The Morgan fingerprint density at radius 2 is 0.797 bits per heavy atom. The third kappa shape index (κ3) is 54.7. The number of hydrogen-bond donors (Lipinski definition) is 3. The molecule has 0 radical (unpaired) electrons. The topological polar surface area (TPSA) is 95.9 Å². The number of allylic oxidation sites excluding steroid dienone is 9. The molecule has 0 aliphatic heterocycles. The number of aliphatic hydroxyl groups is 2. The van der Waals surface area contributed by atoms with Crippen molar-refractivity contribution >= 4 is 11.9 Å². The molecule has 2 unspecified atom stereocenters. The predicted molar refractivity (Wildman–Crippen MR) is 301 cm³/mol. The van der Waals surface area contributed by atoms with Gasteiger partial charge in [0, 0.05) is 12.8 Å². The third-order valence-corrected chi connectivity index (χ3v) is 13.5. The van der Waals surface area contributed by atoms with Crippen LogP contribution in [0.1, 0.15) is 303 Å². The first-order chi connectivity index (χ1) is 34.0. The molecule has 0 saturated carbocycles. The van der Waals surface area contributed by atoms with Crippen molar-refractivity contribution < 1.29 is 24.5 Å². The van der Waals surface area contributed by atoms with Gasteiger partial charge in [-0.1, -0.05) is 261 Å². The van der Waals surface area contributed by atoms with Crippen LogP contribution in [0.5, 0.6) is 0 Å². The maximum absolute atomic E-state index is 12.5. The van der Waals surface area contributed by atoms with Crippen LogP contribution in [-0.2, 0) is 14.3 Å². The fourth-order valence-electron chi connectivity index (χ4n) is 8.90. The molecule has 6 nitrogen and oxygen atoms in total. The number of hydrogen-bond acceptors (Lipinski definition) is 5. The number of esters is 1. The summed E-state index contributed by atoms with van der Waals surface area (Å²) >= 11 is 0. The SMILES string of the molecule is CCC/C=C\C/C=C\CCCCCCCC(=O)OCCCCC/C=C\C=C/CCCCCCCCCCCCC(=O)NC(CO)C(O)/C=C/CCCCCCCCCCCCCCCCCCCC. The Morgan fingerprint density at radius 3 is 1.25 bits per heavy atom. The van der Waals surface area contributed by atoms with Gasteiger partial charge in [-0.3, -0.25) is 9.59 Å². The summed E-state index contributed by atoms with van der Waals surface area (Å²) in [6.07, 6.45) is 75.3. The smallest absolute Gasteiger partial charge is 0.305 e. The number of unbranched alkanes of at least 4 members (excludes halogenated alkanes) is 37. The van der Waals surface area contributed by atoms with Crippen molar-refractivity contribution in [3.63, 3.8) is 0 Å². The van der Waals surface area contributed by atoms with E-state index in [9.17, 15) is 19.8 Å². The summed E-state index contributed by atoms with van der Waals surface area (Å²) < 4.78 is 5.44. The van der Waals surface area contributed by atoms with Gasteiger partial charge in [0.15, 0.2) is 0 Å². The molecular weight excluding hydrogens is 851 g/mol. The molecule has 0 aromatic heterocycles. The average molecular weight is 967 g/mol. The average Bonchev–Trinajstić information content (AvgIpc) is 3.35. The number of rotatable bonds is 55. The van der Waals surface area contributed by atoms with Gasteiger partial charge in [0.25, 0.3) is 0 Å². The summed E-state index contributed by atoms with van der Waals surface area (Å²) in [5, 5.41) is 23.2. The van der Waals surface area contributed by atoms with Crippen molar-refractivity contribution in [2.45, 2.75) is 315 Å². The molecule has 0 aromatic carbocycles. The van der Waals surface area contributed by atoms with Gasteiger partial charge >= 0.3 is 5.97 Å².